The van der Waals surface area contributed by atoms with Crippen molar-refractivity contribution in [2.75, 3.05) is 0 Å². The van der Waals surface area contributed by atoms with E-state index in [1.54, 1.807) is 12.4 Å². The molecule has 0 spiro atoms. The third-order valence-corrected chi connectivity index (χ3v) is 4.54. The topological polar surface area (TPSA) is 55.1 Å². The first kappa shape index (κ1) is 15.8. The Morgan fingerprint density at radius 3 is 2.57 bits per heavy atom. The summed E-state index contributed by atoms with van der Waals surface area (Å²) in [5, 5.41) is 10.6. The number of rotatable bonds is 3. The van der Waals surface area contributed by atoms with Gasteiger partial charge in [0, 0.05) is 29.9 Å². The summed E-state index contributed by atoms with van der Waals surface area (Å²) in [5.74, 6) is -0.398. The molecule has 3 aromatic rings. The number of nitrogens with zero attached hydrogens (tertiary/aromatic N) is 2. The number of pyridine rings is 1. The predicted octanol–water partition coefficient (Wildman–Crippen LogP) is 4.38. The van der Waals surface area contributed by atoms with Crippen molar-refractivity contribution in [2.24, 2.45) is 7.05 Å². The number of phenolic OH excluding ortho intramolecular Hbond substituents is 1. The van der Waals surface area contributed by atoms with E-state index < -0.39 is 0 Å². The van der Waals surface area contributed by atoms with E-state index in [0.717, 1.165) is 16.6 Å². The van der Waals surface area contributed by atoms with Gasteiger partial charge in [-0.2, -0.15) is 0 Å². The number of aryl methyl sites for hydroxylation is 1. The van der Waals surface area contributed by atoms with Crippen LogP contribution in [0.1, 0.15) is 28.5 Å². The largest absolute Gasteiger partial charge is 0.505 e. The number of benzene rings is 1. The van der Waals surface area contributed by atoms with E-state index in [1.165, 1.54) is 12.1 Å². The zero-order valence-electron chi connectivity index (χ0n) is 12.6. The van der Waals surface area contributed by atoms with Gasteiger partial charge in [0.05, 0.1) is 27.3 Å². The molecule has 0 amide bonds. The van der Waals surface area contributed by atoms with Crippen molar-refractivity contribution < 1.29 is 9.90 Å². The lowest BCUT2D eigenvalue weighted by atomic mass is 9.99. The second-order valence-corrected chi connectivity index (χ2v) is 6.06. The summed E-state index contributed by atoms with van der Waals surface area (Å²) < 4.78 is 1.97. The smallest absolute Gasteiger partial charge is 0.195 e. The van der Waals surface area contributed by atoms with Crippen LogP contribution >= 0.6 is 23.2 Å². The second-order valence-electron chi connectivity index (χ2n) is 5.24. The van der Waals surface area contributed by atoms with E-state index in [9.17, 15) is 9.90 Å². The molecule has 23 heavy (non-hydrogen) atoms. The molecule has 4 nitrogen and oxygen atoms in total. The van der Waals surface area contributed by atoms with Crippen LogP contribution in [0.3, 0.4) is 0 Å². The van der Waals surface area contributed by atoms with Crippen LogP contribution in [0, 0.1) is 0 Å². The molecule has 0 radical (unpaired) electrons. The number of ketones is 1. The zero-order chi connectivity index (χ0) is 16.7. The molecule has 0 aliphatic heterocycles. The molecular weight excluding hydrogens is 335 g/mol. The van der Waals surface area contributed by atoms with Crippen LogP contribution in [0.2, 0.25) is 10.0 Å². The Morgan fingerprint density at radius 2 is 1.96 bits per heavy atom. The van der Waals surface area contributed by atoms with Gasteiger partial charge in [-0.3, -0.25) is 9.78 Å². The van der Waals surface area contributed by atoms with Crippen molar-refractivity contribution in [3.8, 4) is 5.75 Å². The Hall–Kier alpha value is -2.04. The van der Waals surface area contributed by atoms with Crippen molar-refractivity contribution in [2.45, 2.75) is 13.3 Å². The molecule has 0 bridgehead atoms. The van der Waals surface area contributed by atoms with Crippen LogP contribution < -0.4 is 0 Å². The second kappa shape index (κ2) is 5.87. The summed E-state index contributed by atoms with van der Waals surface area (Å²) in [5.41, 5.74) is 2.77. The Bertz CT molecular complexity index is 909. The highest BCUT2D eigenvalue weighted by Crippen LogP contribution is 2.35. The van der Waals surface area contributed by atoms with Gasteiger partial charge in [0.1, 0.15) is 0 Å². The molecule has 1 N–H and O–H groups in total. The molecule has 6 heteroatoms. The zero-order valence-corrected chi connectivity index (χ0v) is 14.1. The molecule has 2 heterocycles. The van der Waals surface area contributed by atoms with Gasteiger partial charge >= 0.3 is 0 Å². The van der Waals surface area contributed by atoms with E-state index in [-0.39, 0.29) is 21.6 Å². The lowest BCUT2D eigenvalue weighted by Gasteiger charge is -2.07. The average Bonchev–Trinajstić information content (AvgIpc) is 2.84. The molecular formula is C17H14Cl2N2O2. The number of hydrogen-bond acceptors (Lipinski definition) is 3. The third-order valence-electron chi connectivity index (χ3n) is 3.97. The average molecular weight is 349 g/mol. The minimum Gasteiger partial charge on any atom is -0.505 e. The number of aromatic nitrogens is 2. The number of carbonyl (C=O) groups is 1. The molecule has 0 saturated carbocycles. The highest BCUT2D eigenvalue weighted by Gasteiger charge is 2.22. The molecule has 0 fully saturated rings. The van der Waals surface area contributed by atoms with Crippen LogP contribution in [0.25, 0.3) is 10.9 Å². The first-order chi connectivity index (χ1) is 11.0. The van der Waals surface area contributed by atoms with E-state index >= 15 is 0 Å². The summed E-state index contributed by atoms with van der Waals surface area (Å²) in [6.45, 7) is 2.00. The molecule has 0 unspecified atom stereocenters. The molecule has 0 atom stereocenters. The minimum absolute atomic E-state index is 0.0563. The number of phenols is 1. The molecule has 2 aromatic heterocycles. The molecule has 1 aromatic carbocycles. The fourth-order valence-electron chi connectivity index (χ4n) is 2.84. The summed E-state index contributed by atoms with van der Waals surface area (Å²) >= 11 is 11.9. The van der Waals surface area contributed by atoms with Crippen molar-refractivity contribution in [3.05, 3.63) is 57.5 Å². The maximum Gasteiger partial charge on any atom is 0.195 e. The van der Waals surface area contributed by atoms with E-state index in [4.69, 9.17) is 23.2 Å². The minimum atomic E-state index is -0.220. The fraction of sp³-hybridized carbons (Fsp3) is 0.176. The van der Waals surface area contributed by atoms with Crippen LogP contribution in [0.5, 0.6) is 5.75 Å². The van der Waals surface area contributed by atoms with Gasteiger partial charge in [-0.25, -0.2) is 0 Å². The summed E-state index contributed by atoms with van der Waals surface area (Å²) in [7, 11) is 1.91. The molecule has 118 valence electrons. The normalized spacial score (nSPS) is 11.1. The highest BCUT2D eigenvalue weighted by molar-refractivity contribution is 6.38. The first-order valence-electron chi connectivity index (χ1n) is 7.09. The number of hydrogen-bond donors (Lipinski definition) is 1. The van der Waals surface area contributed by atoms with Gasteiger partial charge < -0.3 is 9.67 Å². The van der Waals surface area contributed by atoms with Crippen LogP contribution in [0.15, 0.2) is 30.6 Å². The molecule has 3 rings (SSSR count). The Balaban J connectivity index is 2.26. The Labute approximate surface area is 143 Å². The van der Waals surface area contributed by atoms with Crippen LogP contribution in [0.4, 0.5) is 0 Å². The molecule has 0 aliphatic carbocycles. The van der Waals surface area contributed by atoms with Gasteiger partial charge in [0.2, 0.25) is 0 Å². The lowest BCUT2D eigenvalue weighted by Crippen LogP contribution is -2.06. The summed E-state index contributed by atoms with van der Waals surface area (Å²) in [6.07, 6.45) is 4.10. The van der Waals surface area contributed by atoms with Gasteiger partial charge in [-0.1, -0.05) is 30.1 Å². The quantitative estimate of drug-likeness (QED) is 0.714. The Morgan fingerprint density at radius 1 is 1.30 bits per heavy atom. The fourth-order valence-corrected chi connectivity index (χ4v) is 3.33. The SMILES string of the molecule is CCc1c(C(=O)c2cc(Cl)c(O)c(Cl)c2)c2ccncc2n1C. The summed E-state index contributed by atoms with van der Waals surface area (Å²) in [6, 6.07) is 4.69. The number of carbonyl (C=O) groups excluding carboxylic acids is 1. The van der Waals surface area contributed by atoms with Gasteiger partial charge in [0.25, 0.3) is 0 Å². The van der Waals surface area contributed by atoms with E-state index in [1.807, 2.05) is 24.6 Å². The number of aromatic hydroxyl groups is 1. The van der Waals surface area contributed by atoms with Gasteiger partial charge in [-0.05, 0) is 24.6 Å². The maximum absolute atomic E-state index is 13.0. The Kier molecular flexibility index (Phi) is 4.04. The van der Waals surface area contributed by atoms with Gasteiger partial charge in [-0.15, -0.1) is 0 Å². The van der Waals surface area contributed by atoms with E-state index in [2.05, 4.69) is 4.98 Å². The molecule has 0 aliphatic rings. The van der Waals surface area contributed by atoms with Crippen molar-refractivity contribution >= 4 is 39.9 Å². The number of fused-ring (bicyclic) bond motifs is 1. The van der Waals surface area contributed by atoms with Crippen LogP contribution in [-0.4, -0.2) is 20.4 Å². The number of halogens is 2. The lowest BCUT2D eigenvalue weighted by molar-refractivity contribution is 0.103. The predicted molar refractivity (Wildman–Crippen MR) is 91.7 cm³/mol. The monoisotopic (exact) mass is 348 g/mol. The van der Waals surface area contributed by atoms with Gasteiger partial charge in [0.15, 0.2) is 11.5 Å². The van der Waals surface area contributed by atoms with Crippen molar-refractivity contribution in [3.63, 3.8) is 0 Å². The van der Waals surface area contributed by atoms with Crippen molar-refractivity contribution in [1.29, 1.82) is 0 Å². The molecule has 0 saturated heterocycles. The van der Waals surface area contributed by atoms with Crippen molar-refractivity contribution in [1.82, 2.24) is 9.55 Å². The first-order valence-corrected chi connectivity index (χ1v) is 7.85. The highest BCUT2D eigenvalue weighted by atomic mass is 35.5. The van der Waals surface area contributed by atoms with E-state index in [0.29, 0.717) is 17.5 Å². The standard InChI is InChI=1S/C17H14Cl2N2O2/c1-3-13-15(10-4-5-20-8-14(10)21(13)2)16(22)9-6-11(18)17(23)12(19)7-9/h4-8,23H,3H2,1-2H3. The third kappa shape index (κ3) is 2.48. The maximum atomic E-state index is 13.0. The summed E-state index contributed by atoms with van der Waals surface area (Å²) in [4.78, 5) is 17.2. The van der Waals surface area contributed by atoms with Crippen LogP contribution in [-0.2, 0) is 13.5 Å².